The Hall–Kier alpha value is -2.58. The van der Waals surface area contributed by atoms with Crippen LogP contribution in [0.15, 0.2) is 38.2 Å². The molecule has 0 unspecified atom stereocenters. The van der Waals surface area contributed by atoms with Crippen molar-refractivity contribution in [3.05, 3.63) is 52.7 Å². The van der Waals surface area contributed by atoms with Crippen LogP contribution < -0.4 is 4.72 Å². The van der Waals surface area contributed by atoms with Crippen molar-refractivity contribution in [2.45, 2.75) is 70.7 Å². The van der Waals surface area contributed by atoms with E-state index in [0.717, 1.165) is 31.2 Å². The Labute approximate surface area is 195 Å². The van der Waals surface area contributed by atoms with E-state index in [1.807, 2.05) is 30.9 Å². The number of benzene rings is 1. The summed E-state index contributed by atoms with van der Waals surface area (Å²) in [5.41, 5.74) is 2.37. The van der Waals surface area contributed by atoms with Crippen molar-refractivity contribution >= 4 is 26.9 Å². The van der Waals surface area contributed by atoms with Crippen LogP contribution in [0.2, 0.25) is 0 Å². The lowest BCUT2D eigenvalue weighted by molar-refractivity contribution is 0.0730. The van der Waals surface area contributed by atoms with Crippen molar-refractivity contribution in [3.8, 4) is 0 Å². The predicted octanol–water partition coefficient (Wildman–Crippen LogP) is 4.88. The second-order valence-electron chi connectivity index (χ2n) is 9.09. The summed E-state index contributed by atoms with van der Waals surface area (Å²) in [5.74, 6) is 0.774. The second kappa shape index (κ2) is 9.35. The molecule has 1 amide bonds. The number of sulfonamides is 1. The normalized spacial score (nSPS) is 16.2. The largest absolute Gasteiger partial charge is 0.469 e. The Morgan fingerprint density at radius 2 is 1.82 bits per heavy atom. The average molecular weight is 473 g/mol. The zero-order chi connectivity index (χ0) is 23.8. The van der Waals surface area contributed by atoms with E-state index >= 15 is 0 Å². The predicted molar refractivity (Wildman–Crippen MR) is 127 cm³/mol. The number of furan rings is 2. The van der Waals surface area contributed by atoms with Crippen LogP contribution in [0.3, 0.4) is 0 Å². The first-order chi connectivity index (χ1) is 15.7. The number of hydrogen-bond donors (Lipinski definition) is 1. The Bertz CT molecular complexity index is 1250. The summed E-state index contributed by atoms with van der Waals surface area (Å²) in [5, 5.41) is 0.662. The Morgan fingerprint density at radius 3 is 2.45 bits per heavy atom. The van der Waals surface area contributed by atoms with Gasteiger partial charge in [0.25, 0.3) is 5.91 Å². The van der Waals surface area contributed by atoms with Crippen LogP contribution in [0.4, 0.5) is 0 Å². The molecular weight excluding hydrogens is 440 g/mol. The fraction of sp³-hybridized carbons (Fsp3) is 0.480. The van der Waals surface area contributed by atoms with E-state index in [2.05, 4.69) is 4.72 Å². The lowest BCUT2D eigenvalue weighted by Gasteiger charge is -2.19. The lowest BCUT2D eigenvalue weighted by Crippen LogP contribution is -2.34. The molecule has 3 aromatic rings. The maximum Gasteiger partial charge on any atom is 0.289 e. The number of hydrogen-bond acceptors (Lipinski definition) is 5. The number of carbonyl (C=O) groups excluding carboxylic acids is 1. The van der Waals surface area contributed by atoms with Crippen molar-refractivity contribution in [3.63, 3.8) is 0 Å². The molecule has 1 fully saturated rings. The fourth-order valence-corrected chi connectivity index (χ4v) is 6.27. The van der Waals surface area contributed by atoms with Crippen molar-refractivity contribution in [1.29, 1.82) is 0 Å². The summed E-state index contributed by atoms with van der Waals surface area (Å²) < 4.78 is 41.2. The number of carbonyl (C=O) groups is 1. The van der Waals surface area contributed by atoms with Gasteiger partial charge in [0.15, 0.2) is 11.3 Å². The molecule has 7 nitrogen and oxygen atoms in total. The minimum absolute atomic E-state index is 0.0989. The second-order valence-corrected chi connectivity index (χ2v) is 10.7. The number of likely N-dealkylation sites (tertiary alicyclic amines) is 1. The molecule has 2 aromatic heterocycles. The van der Waals surface area contributed by atoms with Gasteiger partial charge in [0.2, 0.25) is 10.0 Å². The van der Waals surface area contributed by atoms with E-state index < -0.39 is 10.0 Å². The summed E-state index contributed by atoms with van der Waals surface area (Å²) in [6.07, 6.45) is 6.17. The highest BCUT2D eigenvalue weighted by atomic mass is 32.2. The van der Waals surface area contributed by atoms with E-state index in [4.69, 9.17) is 8.83 Å². The van der Waals surface area contributed by atoms with Gasteiger partial charge in [0, 0.05) is 36.5 Å². The number of amides is 1. The monoisotopic (exact) mass is 472 g/mol. The first-order valence-corrected chi connectivity index (χ1v) is 13.0. The van der Waals surface area contributed by atoms with Gasteiger partial charge in [-0.05, 0) is 69.9 Å². The van der Waals surface area contributed by atoms with Crippen LogP contribution in [0.5, 0.6) is 0 Å². The summed E-state index contributed by atoms with van der Waals surface area (Å²) in [6, 6.07) is 5.12. The molecule has 0 radical (unpaired) electrons. The molecule has 0 spiro atoms. The third kappa shape index (κ3) is 4.73. The quantitative estimate of drug-likeness (QED) is 0.552. The van der Waals surface area contributed by atoms with Gasteiger partial charge in [-0.3, -0.25) is 4.79 Å². The molecular formula is C25H32N2O5S. The van der Waals surface area contributed by atoms with E-state index in [1.54, 1.807) is 26.2 Å². The van der Waals surface area contributed by atoms with E-state index in [9.17, 15) is 13.2 Å². The Balaban J connectivity index is 1.74. The average Bonchev–Trinajstić information content (AvgIpc) is 3.26. The number of aryl methyl sites for hydroxylation is 2. The zero-order valence-corrected chi connectivity index (χ0v) is 20.5. The van der Waals surface area contributed by atoms with Gasteiger partial charge in [-0.1, -0.05) is 12.8 Å². The smallest absolute Gasteiger partial charge is 0.289 e. The number of nitrogens with one attached hydrogen (secondary N) is 1. The van der Waals surface area contributed by atoms with Gasteiger partial charge in [0.1, 0.15) is 10.7 Å². The Kier molecular flexibility index (Phi) is 6.68. The van der Waals surface area contributed by atoms with Crippen molar-refractivity contribution in [2.75, 3.05) is 13.1 Å². The lowest BCUT2D eigenvalue weighted by atomic mass is 10.0. The van der Waals surface area contributed by atoms with Crippen LogP contribution >= 0.6 is 0 Å². The first kappa shape index (κ1) is 23.6. The molecule has 33 heavy (non-hydrogen) atoms. The van der Waals surface area contributed by atoms with Gasteiger partial charge >= 0.3 is 0 Å². The highest BCUT2D eigenvalue weighted by Crippen LogP contribution is 2.35. The first-order valence-electron chi connectivity index (χ1n) is 11.6. The summed E-state index contributed by atoms with van der Waals surface area (Å²) in [7, 11) is -3.91. The van der Waals surface area contributed by atoms with Gasteiger partial charge < -0.3 is 13.7 Å². The van der Waals surface area contributed by atoms with Crippen LogP contribution in [0, 0.1) is 20.8 Å². The van der Waals surface area contributed by atoms with Gasteiger partial charge in [-0.25, -0.2) is 13.1 Å². The molecule has 178 valence electrons. The molecule has 3 heterocycles. The molecule has 1 aromatic carbocycles. The standard InChI is InChI=1S/C25H32N2O5S/c1-16-14-21-19(4)22(25(28)27-11-7-5-6-8-12-27)32-23(21)24(18(16)3)33(29,30)26-17(2)15-20-10-9-13-31-20/h9-10,13-14,17,26H,5-8,11-12,15H2,1-4H3/t17-/m1/s1. The van der Waals surface area contributed by atoms with Crippen molar-refractivity contribution < 1.29 is 22.0 Å². The molecule has 1 atom stereocenters. The molecule has 1 aliphatic heterocycles. The molecule has 0 saturated carbocycles. The maximum absolute atomic E-state index is 13.5. The summed E-state index contributed by atoms with van der Waals surface area (Å²) in [4.78, 5) is 15.2. The topological polar surface area (TPSA) is 92.8 Å². The number of nitrogens with zero attached hydrogens (tertiary/aromatic N) is 1. The third-order valence-electron chi connectivity index (χ3n) is 6.49. The van der Waals surface area contributed by atoms with Gasteiger partial charge in [-0.15, -0.1) is 0 Å². The summed E-state index contributed by atoms with van der Waals surface area (Å²) in [6.45, 7) is 8.67. The summed E-state index contributed by atoms with van der Waals surface area (Å²) >= 11 is 0. The number of rotatable bonds is 6. The van der Waals surface area contributed by atoms with E-state index in [-0.39, 0.29) is 28.2 Å². The molecule has 1 saturated heterocycles. The Morgan fingerprint density at radius 1 is 1.12 bits per heavy atom. The van der Waals surface area contributed by atoms with Gasteiger partial charge in [0.05, 0.1) is 6.26 Å². The fourth-order valence-electron chi connectivity index (χ4n) is 4.58. The van der Waals surface area contributed by atoms with E-state index in [1.165, 1.54) is 0 Å². The number of fused-ring (bicyclic) bond motifs is 1. The SMILES string of the molecule is Cc1cc2c(C)c(C(=O)N3CCCCCC3)oc2c(S(=O)(=O)N[C@H](C)Cc2ccco2)c1C. The molecule has 4 rings (SSSR count). The maximum atomic E-state index is 13.5. The third-order valence-corrected chi connectivity index (χ3v) is 8.23. The molecule has 0 bridgehead atoms. The van der Waals surface area contributed by atoms with Crippen LogP contribution in [0.1, 0.15) is 65.6 Å². The van der Waals surface area contributed by atoms with Crippen LogP contribution in [0.25, 0.3) is 11.0 Å². The highest BCUT2D eigenvalue weighted by molar-refractivity contribution is 7.89. The van der Waals surface area contributed by atoms with Crippen molar-refractivity contribution in [2.24, 2.45) is 0 Å². The minimum Gasteiger partial charge on any atom is -0.469 e. The van der Waals surface area contributed by atoms with Gasteiger partial charge in [-0.2, -0.15) is 0 Å². The molecule has 8 heteroatoms. The van der Waals surface area contributed by atoms with Crippen molar-refractivity contribution in [1.82, 2.24) is 9.62 Å². The molecule has 1 N–H and O–H groups in total. The molecule has 1 aliphatic rings. The minimum atomic E-state index is -3.91. The van der Waals surface area contributed by atoms with E-state index in [0.29, 0.717) is 41.8 Å². The molecule has 0 aliphatic carbocycles. The van der Waals surface area contributed by atoms with Crippen LogP contribution in [-0.2, 0) is 16.4 Å². The zero-order valence-electron chi connectivity index (χ0n) is 19.7. The highest BCUT2D eigenvalue weighted by Gasteiger charge is 2.30. The van der Waals surface area contributed by atoms with Crippen LogP contribution in [-0.4, -0.2) is 38.4 Å².